The van der Waals surface area contributed by atoms with E-state index < -0.39 is 5.97 Å². The van der Waals surface area contributed by atoms with Crippen molar-refractivity contribution in [3.8, 4) is 0 Å². The van der Waals surface area contributed by atoms with Crippen LogP contribution in [0.25, 0.3) is 0 Å². The Kier molecular flexibility index (Phi) is 9.53. The lowest BCUT2D eigenvalue weighted by atomic mass is 10.1. The second-order valence-electron chi connectivity index (χ2n) is 6.14. The van der Waals surface area contributed by atoms with Gasteiger partial charge < -0.3 is 24.9 Å². The van der Waals surface area contributed by atoms with Gasteiger partial charge in [0.15, 0.2) is 0 Å². The molecule has 9 heteroatoms. The first-order chi connectivity index (χ1) is 12.0. The van der Waals surface area contributed by atoms with E-state index >= 15 is 0 Å². The zero-order valence-electron chi connectivity index (χ0n) is 14.4. The fourth-order valence-corrected chi connectivity index (χ4v) is 3.05. The maximum Gasteiger partial charge on any atom is 0.323 e. The molecule has 0 bridgehead atoms. The van der Waals surface area contributed by atoms with Crippen LogP contribution in [-0.4, -0.2) is 95.0 Å². The first kappa shape index (κ1) is 20.9. The number of aliphatic carboxylic acids is 1. The number of hydrogen-bond acceptors (Lipinski definition) is 5. The Morgan fingerprint density at radius 1 is 1.08 bits per heavy atom. The molecule has 0 aromatic carbocycles. The maximum atomic E-state index is 12.1. The van der Waals surface area contributed by atoms with E-state index in [0.29, 0.717) is 19.5 Å². The standard InChI is InChI=1S/C15H25N3O4.CH2O2/c19-13(5-4-8-16-6-2-1-3-7-16)17-9-10-18(12-15(21)22)14(20)11-17;2-1-3/h1-12H2,(H,21,22);1H,(H,2,3). The van der Waals surface area contributed by atoms with Crippen LogP contribution in [0.2, 0.25) is 0 Å². The van der Waals surface area contributed by atoms with Gasteiger partial charge in [-0.05, 0) is 38.9 Å². The lowest BCUT2D eigenvalue weighted by Gasteiger charge is -2.33. The van der Waals surface area contributed by atoms with Crippen molar-refractivity contribution in [1.82, 2.24) is 14.7 Å². The second kappa shape index (κ2) is 11.4. The lowest BCUT2D eigenvalue weighted by Crippen LogP contribution is -2.53. The molecule has 0 radical (unpaired) electrons. The van der Waals surface area contributed by atoms with Gasteiger partial charge in [0.2, 0.25) is 11.8 Å². The van der Waals surface area contributed by atoms with Gasteiger partial charge in [0.25, 0.3) is 6.47 Å². The number of piperazine rings is 1. The molecule has 2 rings (SSSR count). The first-order valence-corrected chi connectivity index (χ1v) is 8.55. The fraction of sp³-hybridized carbons (Fsp3) is 0.750. The molecule has 2 saturated heterocycles. The lowest BCUT2D eigenvalue weighted by molar-refractivity contribution is -0.150. The highest BCUT2D eigenvalue weighted by atomic mass is 16.4. The van der Waals surface area contributed by atoms with Crippen LogP contribution in [0.5, 0.6) is 0 Å². The van der Waals surface area contributed by atoms with Crippen molar-refractivity contribution in [3.05, 3.63) is 0 Å². The van der Waals surface area contributed by atoms with Crippen molar-refractivity contribution in [1.29, 1.82) is 0 Å². The average Bonchev–Trinajstić information content (AvgIpc) is 2.58. The Bertz CT molecular complexity index is 465. The van der Waals surface area contributed by atoms with Crippen molar-refractivity contribution < 1.29 is 29.4 Å². The van der Waals surface area contributed by atoms with Crippen molar-refractivity contribution in [2.45, 2.75) is 32.1 Å². The number of nitrogens with zero attached hydrogens (tertiary/aromatic N) is 3. The van der Waals surface area contributed by atoms with Crippen LogP contribution >= 0.6 is 0 Å². The average molecular weight is 357 g/mol. The molecule has 142 valence electrons. The van der Waals surface area contributed by atoms with Crippen molar-refractivity contribution in [2.24, 2.45) is 0 Å². The third-order valence-electron chi connectivity index (χ3n) is 4.31. The molecule has 0 spiro atoms. The van der Waals surface area contributed by atoms with Gasteiger partial charge in [-0.3, -0.25) is 19.2 Å². The summed E-state index contributed by atoms with van der Waals surface area (Å²) in [6.45, 7) is 3.41. The zero-order chi connectivity index (χ0) is 18.7. The third-order valence-corrected chi connectivity index (χ3v) is 4.31. The van der Waals surface area contributed by atoms with Crippen molar-refractivity contribution in [2.75, 3.05) is 45.8 Å². The highest BCUT2D eigenvalue weighted by Gasteiger charge is 2.27. The van der Waals surface area contributed by atoms with Gasteiger partial charge in [0.05, 0.1) is 6.54 Å². The van der Waals surface area contributed by atoms with Gasteiger partial charge in [-0.25, -0.2) is 0 Å². The number of amides is 2. The normalized spacial score (nSPS) is 18.3. The predicted octanol–water partition coefficient (Wildman–Crippen LogP) is -0.291. The largest absolute Gasteiger partial charge is 0.483 e. The monoisotopic (exact) mass is 357 g/mol. The summed E-state index contributed by atoms with van der Waals surface area (Å²) in [6.07, 6.45) is 5.07. The van der Waals surface area contributed by atoms with Crippen molar-refractivity contribution in [3.63, 3.8) is 0 Å². The van der Waals surface area contributed by atoms with Gasteiger partial charge in [-0.15, -0.1) is 0 Å². The molecule has 2 N–H and O–H groups in total. The summed E-state index contributed by atoms with van der Waals surface area (Å²) in [5.74, 6) is -1.30. The summed E-state index contributed by atoms with van der Waals surface area (Å²) in [5.41, 5.74) is 0. The minimum Gasteiger partial charge on any atom is -0.483 e. The van der Waals surface area contributed by atoms with Crippen LogP contribution in [0.15, 0.2) is 0 Å². The van der Waals surface area contributed by atoms with Gasteiger partial charge in [-0.2, -0.15) is 0 Å². The highest BCUT2D eigenvalue weighted by Crippen LogP contribution is 2.11. The van der Waals surface area contributed by atoms with Crippen molar-refractivity contribution >= 4 is 24.3 Å². The van der Waals surface area contributed by atoms with Gasteiger partial charge in [0.1, 0.15) is 6.54 Å². The molecule has 9 nitrogen and oxygen atoms in total. The smallest absolute Gasteiger partial charge is 0.323 e. The van der Waals surface area contributed by atoms with Crippen LogP contribution in [0.1, 0.15) is 32.1 Å². The molecule has 2 amide bonds. The Morgan fingerprint density at radius 3 is 2.28 bits per heavy atom. The molecule has 0 aliphatic carbocycles. The summed E-state index contributed by atoms with van der Waals surface area (Å²) < 4.78 is 0. The van der Waals surface area contributed by atoms with Gasteiger partial charge >= 0.3 is 5.97 Å². The number of rotatable bonds is 6. The molecule has 2 heterocycles. The van der Waals surface area contributed by atoms with Crippen LogP contribution < -0.4 is 0 Å². The number of carboxylic acids is 1. The molecule has 0 aromatic heterocycles. The Morgan fingerprint density at radius 2 is 1.72 bits per heavy atom. The topological polar surface area (TPSA) is 118 Å². The Hall–Kier alpha value is -2.16. The molecule has 2 fully saturated rings. The maximum absolute atomic E-state index is 12.1. The third kappa shape index (κ3) is 7.97. The number of carbonyl (C=O) groups excluding carboxylic acids is 2. The van der Waals surface area contributed by atoms with Gasteiger partial charge in [-0.1, -0.05) is 6.42 Å². The van der Waals surface area contributed by atoms with E-state index in [1.54, 1.807) is 4.90 Å². The summed E-state index contributed by atoms with van der Waals surface area (Å²) in [5, 5.41) is 15.6. The summed E-state index contributed by atoms with van der Waals surface area (Å²) in [7, 11) is 0. The minimum absolute atomic E-state index is 0.000310. The zero-order valence-corrected chi connectivity index (χ0v) is 14.4. The van der Waals surface area contributed by atoms with Crippen LogP contribution in [0, 0.1) is 0 Å². The molecule has 0 saturated carbocycles. The predicted molar refractivity (Wildman–Crippen MR) is 89.0 cm³/mol. The van der Waals surface area contributed by atoms with E-state index in [0.717, 1.165) is 26.1 Å². The number of piperidine rings is 1. The van der Waals surface area contributed by atoms with E-state index in [1.165, 1.54) is 24.2 Å². The summed E-state index contributed by atoms with van der Waals surface area (Å²) in [4.78, 5) is 48.2. The summed E-state index contributed by atoms with van der Waals surface area (Å²) >= 11 is 0. The van der Waals surface area contributed by atoms with Crippen LogP contribution in [0.3, 0.4) is 0 Å². The number of likely N-dealkylation sites (tertiary alicyclic amines) is 1. The molecule has 2 aliphatic heterocycles. The number of carbonyl (C=O) groups is 4. The fourth-order valence-electron chi connectivity index (χ4n) is 3.05. The minimum atomic E-state index is -1.02. The number of carboxylic acid groups (broad SMARTS) is 2. The van der Waals surface area contributed by atoms with E-state index in [4.69, 9.17) is 15.0 Å². The number of hydrogen-bond donors (Lipinski definition) is 2. The molecule has 25 heavy (non-hydrogen) atoms. The second-order valence-corrected chi connectivity index (χ2v) is 6.14. The molecular weight excluding hydrogens is 330 g/mol. The molecule has 0 aromatic rings. The Labute approximate surface area is 147 Å². The van der Waals surface area contributed by atoms with Crippen LogP contribution in [0.4, 0.5) is 0 Å². The molecule has 2 aliphatic rings. The van der Waals surface area contributed by atoms with E-state index in [9.17, 15) is 14.4 Å². The van der Waals surface area contributed by atoms with E-state index in [-0.39, 0.29) is 31.4 Å². The quantitative estimate of drug-likeness (QED) is 0.627. The SMILES string of the molecule is O=C(O)CN1CCN(C(=O)CCCN2CCCCC2)CC1=O.O=CO. The molecule has 0 unspecified atom stereocenters. The molecular formula is C16H27N3O6. The van der Waals surface area contributed by atoms with E-state index in [2.05, 4.69) is 4.90 Å². The van der Waals surface area contributed by atoms with E-state index in [1.807, 2.05) is 0 Å². The van der Waals surface area contributed by atoms with Crippen LogP contribution in [-0.2, 0) is 19.2 Å². The summed E-state index contributed by atoms with van der Waals surface area (Å²) in [6, 6.07) is 0. The Balaban J connectivity index is 0.000000970. The van der Waals surface area contributed by atoms with Gasteiger partial charge in [0, 0.05) is 19.5 Å². The first-order valence-electron chi connectivity index (χ1n) is 8.55. The molecule has 0 atom stereocenters. The highest BCUT2D eigenvalue weighted by molar-refractivity contribution is 5.88.